The molecule has 1 aromatic heterocycles. The van der Waals surface area contributed by atoms with Crippen molar-refractivity contribution in [3.8, 4) is 17.1 Å². The van der Waals surface area contributed by atoms with E-state index in [0.29, 0.717) is 4.47 Å². The van der Waals surface area contributed by atoms with E-state index in [-0.39, 0.29) is 5.75 Å². The van der Waals surface area contributed by atoms with Crippen molar-refractivity contribution in [3.05, 3.63) is 76.3 Å². The molecule has 1 heterocycles. The Bertz CT molecular complexity index is 891. The van der Waals surface area contributed by atoms with Crippen LogP contribution in [-0.2, 0) is 0 Å². The number of halogens is 1. The van der Waals surface area contributed by atoms with Gasteiger partial charge in [-0.25, -0.2) is 0 Å². The number of rotatable bonds is 1. The number of furan rings is 1. The van der Waals surface area contributed by atoms with Gasteiger partial charge in [-0.3, -0.25) is 0 Å². The Morgan fingerprint density at radius 2 is 1.70 bits per heavy atom. The SMILES string of the molecule is Cc1ccc(O)c(Br)c(C)ccc(-c2cc3ccccc3o2)c1. The Labute approximate surface area is 143 Å². The Morgan fingerprint density at radius 1 is 0.913 bits per heavy atom. The van der Waals surface area contributed by atoms with Crippen molar-refractivity contribution in [2.75, 3.05) is 0 Å². The second kappa shape index (κ2) is 6.47. The fourth-order valence-corrected chi connectivity index (χ4v) is 2.66. The van der Waals surface area contributed by atoms with Crippen molar-refractivity contribution in [2.45, 2.75) is 13.8 Å². The number of aryl methyl sites for hydroxylation is 2. The Kier molecular flexibility index (Phi) is 4.39. The minimum absolute atomic E-state index is 0.215. The first kappa shape index (κ1) is 15.6. The molecule has 0 saturated heterocycles. The molecule has 23 heavy (non-hydrogen) atoms. The van der Waals surface area contributed by atoms with Crippen LogP contribution in [-0.4, -0.2) is 5.11 Å². The highest BCUT2D eigenvalue weighted by molar-refractivity contribution is 9.10. The fourth-order valence-electron chi connectivity index (χ4n) is 2.39. The highest BCUT2D eigenvalue weighted by Gasteiger charge is 2.05. The van der Waals surface area contributed by atoms with Crippen LogP contribution in [0.5, 0.6) is 5.75 Å². The van der Waals surface area contributed by atoms with Crippen LogP contribution in [0.15, 0.2) is 69.6 Å². The summed E-state index contributed by atoms with van der Waals surface area (Å²) in [4.78, 5) is 0. The van der Waals surface area contributed by atoms with Crippen LogP contribution in [0, 0.1) is 13.8 Å². The summed E-state index contributed by atoms with van der Waals surface area (Å²) < 4.78 is 6.65. The standard InChI is InChI=1S/C20H17BrO2/c1-13-7-10-17(22)20(21)14(2)8-9-16(11-13)19-12-15-5-3-4-6-18(15)23-19/h3-12,22H,1-2H3. The third-order valence-electron chi connectivity index (χ3n) is 3.68. The van der Waals surface area contributed by atoms with Gasteiger partial charge in [0.25, 0.3) is 0 Å². The van der Waals surface area contributed by atoms with Crippen LogP contribution >= 0.6 is 15.9 Å². The van der Waals surface area contributed by atoms with Gasteiger partial charge in [-0.1, -0.05) is 42.0 Å². The molecule has 2 nitrogen and oxygen atoms in total. The maximum absolute atomic E-state index is 10.0. The molecule has 0 amide bonds. The van der Waals surface area contributed by atoms with Crippen LogP contribution in [0.3, 0.4) is 0 Å². The van der Waals surface area contributed by atoms with E-state index in [9.17, 15) is 5.11 Å². The maximum Gasteiger partial charge on any atom is 0.135 e. The zero-order chi connectivity index (χ0) is 16.4. The normalized spacial score (nSPS) is 10.6. The zero-order valence-corrected chi connectivity index (χ0v) is 14.6. The van der Waals surface area contributed by atoms with E-state index in [2.05, 4.69) is 15.9 Å². The number of fused-ring (bicyclic) bond motifs is 1. The van der Waals surface area contributed by atoms with Crippen molar-refractivity contribution in [1.29, 1.82) is 0 Å². The predicted molar refractivity (Wildman–Crippen MR) is 98.1 cm³/mol. The molecule has 3 aromatic rings. The van der Waals surface area contributed by atoms with Crippen molar-refractivity contribution in [3.63, 3.8) is 0 Å². The van der Waals surface area contributed by atoms with E-state index in [0.717, 1.165) is 33.4 Å². The summed E-state index contributed by atoms with van der Waals surface area (Å²) in [6.07, 6.45) is 0. The van der Waals surface area contributed by atoms with Crippen LogP contribution in [0.4, 0.5) is 0 Å². The molecule has 0 unspecified atom stereocenters. The summed E-state index contributed by atoms with van der Waals surface area (Å²) in [5, 5.41) is 11.1. The molecule has 116 valence electrons. The van der Waals surface area contributed by atoms with E-state index >= 15 is 0 Å². The number of hydrogen-bond donors (Lipinski definition) is 1. The lowest BCUT2D eigenvalue weighted by atomic mass is 10.1. The third kappa shape index (κ3) is 3.40. The molecule has 0 bridgehead atoms. The Hall–Kier alpha value is -2.26. The number of hydrogen-bond acceptors (Lipinski definition) is 2. The molecule has 0 aliphatic heterocycles. The van der Waals surface area contributed by atoms with E-state index in [1.165, 1.54) is 0 Å². The van der Waals surface area contributed by atoms with Crippen LogP contribution < -0.4 is 0 Å². The molecular formula is C20H17BrO2. The third-order valence-corrected chi connectivity index (χ3v) is 4.71. The maximum atomic E-state index is 10.0. The molecule has 0 spiro atoms. The number of aromatic hydroxyl groups is 1. The average molecular weight is 369 g/mol. The van der Waals surface area contributed by atoms with Crippen molar-refractivity contribution in [2.24, 2.45) is 0 Å². The Morgan fingerprint density at radius 3 is 2.48 bits per heavy atom. The van der Waals surface area contributed by atoms with Crippen LogP contribution in [0.2, 0.25) is 0 Å². The summed E-state index contributed by atoms with van der Waals surface area (Å²) in [6, 6.07) is 19.6. The van der Waals surface area contributed by atoms with Gasteiger partial charge < -0.3 is 9.52 Å². The largest absolute Gasteiger partial charge is 0.507 e. The first-order chi connectivity index (χ1) is 11.0. The highest BCUT2D eigenvalue weighted by atomic mass is 79.9. The highest BCUT2D eigenvalue weighted by Crippen LogP contribution is 2.29. The van der Waals surface area contributed by atoms with Crippen molar-refractivity contribution < 1.29 is 9.52 Å². The molecule has 0 aliphatic carbocycles. The predicted octanol–water partition coefficient (Wildman–Crippen LogP) is 6.31. The first-order valence-electron chi connectivity index (χ1n) is 7.37. The van der Waals surface area contributed by atoms with Gasteiger partial charge in [-0.2, -0.15) is 0 Å². The van der Waals surface area contributed by atoms with Gasteiger partial charge >= 0.3 is 0 Å². The van der Waals surface area contributed by atoms with Crippen molar-refractivity contribution in [1.82, 2.24) is 0 Å². The van der Waals surface area contributed by atoms with Crippen molar-refractivity contribution >= 4 is 26.9 Å². The molecule has 3 rings (SSSR count). The van der Waals surface area contributed by atoms with E-state index in [1.54, 1.807) is 6.07 Å². The summed E-state index contributed by atoms with van der Waals surface area (Å²) in [5.74, 6) is 1.04. The minimum atomic E-state index is 0.215. The molecular weight excluding hydrogens is 352 g/mol. The lowest BCUT2D eigenvalue weighted by Gasteiger charge is -1.99. The summed E-state index contributed by atoms with van der Waals surface area (Å²) in [5.41, 5.74) is 3.83. The average Bonchev–Trinajstić information content (AvgIpc) is 2.98. The minimum Gasteiger partial charge on any atom is -0.507 e. The lowest BCUT2D eigenvalue weighted by Crippen LogP contribution is -1.76. The quantitative estimate of drug-likeness (QED) is 0.545. The van der Waals surface area contributed by atoms with Crippen LogP contribution in [0.1, 0.15) is 11.1 Å². The van der Waals surface area contributed by atoms with E-state index in [4.69, 9.17) is 4.42 Å². The monoisotopic (exact) mass is 368 g/mol. The van der Waals surface area contributed by atoms with Gasteiger partial charge in [0.05, 0.1) is 4.47 Å². The second-order valence-electron chi connectivity index (χ2n) is 5.54. The summed E-state index contributed by atoms with van der Waals surface area (Å²) in [7, 11) is 0. The second-order valence-corrected chi connectivity index (χ2v) is 6.33. The molecule has 0 fully saturated rings. The molecule has 2 aromatic carbocycles. The first-order valence-corrected chi connectivity index (χ1v) is 8.17. The zero-order valence-electron chi connectivity index (χ0n) is 13.0. The molecule has 1 N–H and O–H groups in total. The smallest absolute Gasteiger partial charge is 0.135 e. The van der Waals surface area contributed by atoms with Gasteiger partial charge in [0.2, 0.25) is 0 Å². The topological polar surface area (TPSA) is 33.4 Å². The summed E-state index contributed by atoms with van der Waals surface area (Å²) in [6.45, 7) is 3.94. The van der Waals surface area contributed by atoms with Gasteiger partial charge in [-0.05, 0) is 59.6 Å². The Balaban J connectivity index is 2.25. The summed E-state index contributed by atoms with van der Waals surface area (Å²) >= 11 is 3.43. The molecule has 3 heteroatoms. The molecule has 0 aliphatic rings. The fraction of sp³-hybridized carbons (Fsp3) is 0.100. The van der Waals surface area contributed by atoms with Gasteiger partial charge in [-0.15, -0.1) is 0 Å². The molecule has 0 saturated carbocycles. The molecule has 0 atom stereocenters. The van der Waals surface area contributed by atoms with Gasteiger partial charge in [0.1, 0.15) is 17.1 Å². The number of para-hydroxylation sites is 1. The van der Waals surface area contributed by atoms with E-state index in [1.807, 2.05) is 68.4 Å². The number of benzene rings is 1. The van der Waals surface area contributed by atoms with Gasteiger partial charge in [0, 0.05) is 10.9 Å². The molecule has 0 radical (unpaired) electrons. The van der Waals surface area contributed by atoms with Crippen LogP contribution in [0.25, 0.3) is 22.3 Å². The lowest BCUT2D eigenvalue weighted by molar-refractivity contribution is 0.472. The van der Waals surface area contributed by atoms with Gasteiger partial charge in [0.15, 0.2) is 0 Å². The van der Waals surface area contributed by atoms with E-state index < -0.39 is 0 Å².